The lowest BCUT2D eigenvalue weighted by molar-refractivity contribution is 0.176. The van der Waals surface area contributed by atoms with Gasteiger partial charge in [0, 0.05) is 31.2 Å². The molecule has 2 heterocycles. The van der Waals surface area contributed by atoms with E-state index in [-0.39, 0.29) is 18.1 Å². The van der Waals surface area contributed by atoms with Gasteiger partial charge in [-0.25, -0.2) is 9.78 Å². The first-order valence-corrected chi connectivity index (χ1v) is 12.8. The zero-order chi connectivity index (χ0) is 24.8. The smallest absolute Gasteiger partial charge is 0.318 e. The number of fused-ring (bicyclic) bond motifs is 1. The number of carbonyl (C=O) groups is 1. The molecule has 1 aliphatic heterocycles. The molecule has 4 rings (SSSR count). The van der Waals surface area contributed by atoms with E-state index in [1.165, 1.54) is 18.4 Å². The van der Waals surface area contributed by atoms with E-state index in [4.69, 9.17) is 11.6 Å². The van der Waals surface area contributed by atoms with Crippen molar-refractivity contribution in [3.05, 3.63) is 74.8 Å². The summed E-state index contributed by atoms with van der Waals surface area (Å²) in [6.45, 7) is 8.69. The number of hydrogen-bond donors (Lipinski definition) is 2. The third-order valence-corrected chi connectivity index (χ3v) is 6.76. The van der Waals surface area contributed by atoms with Gasteiger partial charge in [-0.15, -0.1) is 0 Å². The summed E-state index contributed by atoms with van der Waals surface area (Å²) in [5.74, 6) is 1.16. The lowest BCUT2D eigenvalue weighted by Gasteiger charge is -2.31. The lowest BCUT2D eigenvalue weighted by Crippen LogP contribution is -2.40. The van der Waals surface area contributed by atoms with Gasteiger partial charge in [-0.1, -0.05) is 49.7 Å². The molecule has 1 aromatic heterocycles. The van der Waals surface area contributed by atoms with Crippen LogP contribution in [0.5, 0.6) is 0 Å². The Morgan fingerprint density at radius 1 is 1.26 bits per heavy atom. The van der Waals surface area contributed by atoms with E-state index in [1.807, 2.05) is 13.0 Å². The van der Waals surface area contributed by atoms with Gasteiger partial charge in [-0.05, 0) is 61.1 Å². The molecule has 1 saturated heterocycles. The Morgan fingerprint density at radius 2 is 2.06 bits per heavy atom. The van der Waals surface area contributed by atoms with Crippen LogP contribution in [0, 0.1) is 5.92 Å². The molecule has 1 aliphatic rings. The summed E-state index contributed by atoms with van der Waals surface area (Å²) in [4.78, 5) is 37.1. The fourth-order valence-electron chi connectivity index (χ4n) is 4.78. The third kappa shape index (κ3) is 6.61. The summed E-state index contributed by atoms with van der Waals surface area (Å²) in [7, 11) is 0. The summed E-state index contributed by atoms with van der Waals surface area (Å²) in [6, 6.07) is 13.1. The minimum Gasteiger partial charge on any atom is -0.334 e. The largest absolute Gasteiger partial charge is 0.334 e. The van der Waals surface area contributed by atoms with Crippen molar-refractivity contribution in [2.45, 2.75) is 52.7 Å². The molecule has 2 aromatic carbocycles. The van der Waals surface area contributed by atoms with E-state index in [0.717, 1.165) is 37.5 Å². The highest BCUT2D eigenvalue weighted by atomic mass is 35.5. The van der Waals surface area contributed by atoms with Gasteiger partial charge in [0.2, 0.25) is 0 Å². The van der Waals surface area contributed by atoms with Gasteiger partial charge in [0.25, 0.3) is 5.56 Å². The Bertz CT molecular complexity index is 1230. The standard InChI is InChI=1S/C27H34ClN5O2/c1-3-12-33(18-25-30-24-14-22(28)10-11-23(24)26(34)31-25)27(35)29-15-20-8-4-5-9-21(20)17-32-13-6-7-19(2)16-32/h4-5,8-11,14,19H,3,6-7,12-13,15-18H2,1-2H3,(H,29,35)(H,30,31,34). The summed E-state index contributed by atoms with van der Waals surface area (Å²) in [6.07, 6.45) is 3.33. The number of amides is 2. The van der Waals surface area contributed by atoms with E-state index in [0.29, 0.717) is 34.8 Å². The number of aromatic nitrogens is 2. The van der Waals surface area contributed by atoms with Crippen molar-refractivity contribution in [2.24, 2.45) is 5.92 Å². The molecule has 0 aliphatic carbocycles. The van der Waals surface area contributed by atoms with Crippen LogP contribution in [-0.2, 0) is 19.6 Å². The number of nitrogens with one attached hydrogen (secondary N) is 2. The Labute approximate surface area is 211 Å². The number of aromatic amines is 1. The van der Waals surface area contributed by atoms with Crippen molar-refractivity contribution in [3.8, 4) is 0 Å². The monoisotopic (exact) mass is 495 g/mol. The maximum Gasteiger partial charge on any atom is 0.318 e. The zero-order valence-corrected chi connectivity index (χ0v) is 21.3. The van der Waals surface area contributed by atoms with Crippen molar-refractivity contribution >= 4 is 28.5 Å². The highest BCUT2D eigenvalue weighted by Crippen LogP contribution is 2.20. The molecule has 2 amide bonds. The number of rotatable bonds is 8. The molecule has 1 atom stereocenters. The first-order valence-electron chi connectivity index (χ1n) is 12.4. The van der Waals surface area contributed by atoms with E-state index in [9.17, 15) is 9.59 Å². The Balaban J connectivity index is 1.44. The van der Waals surface area contributed by atoms with Crippen LogP contribution >= 0.6 is 11.6 Å². The minimum absolute atomic E-state index is 0.179. The molecular formula is C27H34ClN5O2. The second kappa shape index (κ2) is 11.7. The average Bonchev–Trinajstić information content (AvgIpc) is 2.83. The van der Waals surface area contributed by atoms with Crippen molar-refractivity contribution in [2.75, 3.05) is 19.6 Å². The van der Waals surface area contributed by atoms with Crippen LogP contribution in [0.4, 0.5) is 4.79 Å². The predicted octanol–water partition coefficient (Wildman–Crippen LogP) is 4.93. The molecule has 0 spiro atoms. The molecular weight excluding hydrogens is 462 g/mol. The van der Waals surface area contributed by atoms with Gasteiger partial charge in [-0.2, -0.15) is 0 Å². The topological polar surface area (TPSA) is 81.3 Å². The summed E-state index contributed by atoms with van der Waals surface area (Å²) in [5, 5.41) is 4.07. The number of nitrogens with zero attached hydrogens (tertiary/aromatic N) is 3. The second-order valence-electron chi connectivity index (χ2n) is 9.51. The number of benzene rings is 2. The molecule has 0 saturated carbocycles. The minimum atomic E-state index is -0.237. The van der Waals surface area contributed by atoms with Gasteiger partial charge in [0.15, 0.2) is 0 Å². The molecule has 186 valence electrons. The van der Waals surface area contributed by atoms with Crippen molar-refractivity contribution < 1.29 is 4.79 Å². The maximum atomic E-state index is 13.1. The van der Waals surface area contributed by atoms with Gasteiger partial charge in [0.1, 0.15) is 5.82 Å². The number of likely N-dealkylation sites (tertiary alicyclic amines) is 1. The van der Waals surface area contributed by atoms with Crippen LogP contribution in [0.1, 0.15) is 50.1 Å². The van der Waals surface area contributed by atoms with Gasteiger partial charge in [0.05, 0.1) is 17.4 Å². The molecule has 8 heteroatoms. The molecule has 3 aromatic rings. The second-order valence-corrected chi connectivity index (χ2v) is 9.94. The van der Waals surface area contributed by atoms with E-state index in [2.05, 4.69) is 45.3 Å². The number of carbonyl (C=O) groups excluding carboxylic acids is 1. The fourth-order valence-corrected chi connectivity index (χ4v) is 4.94. The zero-order valence-electron chi connectivity index (χ0n) is 20.5. The van der Waals surface area contributed by atoms with Gasteiger partial charge >= 0.3 is 6.03 Å². The van der Waals surface area contributed by atoms with Gasteiger partial charge < -0.3 is 15.2 Å². The Hall–Kier alpha value is -2.90. The van der Waals surface area contributed by atoms with Gasteiger partial charge in [-0.3, -0.25) is 9.69 Å². The molecule has 1 unspecified atom stereocenters. The molecule has 35 heavy (non-hydrogen) atoms. The first-order chi connectivity index (χ1) is 16.9. The van der Waals surface area contributed by atoms with Crippen molar-refractivity contribution in [3.63, 3.8) is 0 Å². The van der Waals surface area contributed by atoms with Crippen molar-refractivity contribution in [1.82, 2.24) is 25.1 Å². The van der Waals surface area contributed by atoms with Crippen LogP contribution < -0.4 is 10.9 Å². The average molecular weight is 496 g/mol. The lowest BCUT2D eigenvalue weighted by atomic mass is 9.99. The highest BCUT2D eigenvalue weighted by Gasteiger charge is 2.19. The summed E-state index contributed by atoms with van der Waals surface area (Å²) < 4.78 is 0. The van der Waals surface area contributed by atoms with E-state index >= 15 is 0 Å². The third-order valence-electron chi connectivity index (χ3n) is 6.52. The summed E-state index contributed by atoms with van der Waals surface area (Å²) in [5.41, 5.74) is 2.66. The Morgan fingerprint density at radius 3 is 2.83 bits per heavy atom. The highest BCUT2D eigenvalue weighted by molar-refractivity contribution is 6.31. The quantitative estimate of drug-likeness (QED) is 0.464. The summed E-state index contributed by atoms with van der Waals surface area (Å²) >= 11 is 6.08. The SMILES string of the molecule is CCCN(Cc1nc2cc(Cl)ccc2c(=O)[nH]1)C(=O)NCc1ccccc1CN1CCCC(C)C1. The number of halogens is 1. The van der Waals surface area contributed by atoms with Crippen molar-refractivity contribution in [1.29, 1.82) is 0 Å². The fraction of sp³-hybridized carbons (Fsp3) is 0.444. The van der Waals surface area contributed by atoms with E-state index in [1.54, 1.807) is 23.1 Å². The van der Waals surface area contributed by atoms with Crippen LogP contribution in [0.25, 0.3) is 10.9 Å². The predicted molar refractivity (Wildman–Crippen MR) is 140 cm³/mol. The van der Waals surface area contributed by atoms with Crippen LogP contribution in [-0.4, -0.2) is 45.4 Å². The maximum absolute atomic E-state index is 13.1. The van der Waals surface area contributed by atoms with Crippen LogP contribution in [0.3, 0.4) is 0 Å². The number of hydrogen-bond acceptors (Lipinski definition) is 4. The molecule has 0 bridgehead atoms. The number of piperidine rings is 1. The number of H-pyrrole nitrogens is 1. The first kappa shape index (κ1) is 25.2. The van der Waals surface area contributed by atoms with Crippen LogP contribution in [0.2, 0.25) is 5.02 Å². The van der Waals surface area contributed by atoms with E-state index < -0.39 is 0 Å². The normalized spacial score (nSPS) is 16.4. The number of urea groups is 1. The van der Waals surface area contributed by atoms with Crippen LogP contribution in [0.15, 0.2) is 47.3 Å². The molecule has 7 nitrogen and oxygen atoms in total. The molecule has 2 N–H and O–H groups in total. The molecule has 1 fully saturated rings. The molecule has 0 radical (unpaired) electrons. The Kier molecular flexibility index (Phi) is 8.42.